The minimum absolute atomic E-state index is 0.290. The van der Waals surface area contributed by atoms with Gasteiger partial charge in [0.15, 0.2) is 0 Å². The fourth-order valence-electron chi connectivity index (χ4n) is 2.31. The quantitative estimate of drug-likeness (QED) is 0.811. The molecule has 0 spiro atoms. The van der Waals surface area contributed by atoms with Crippen molar-refractivity contribution in [2.24, 2.45) is 5.73 Å². The Kier molecular flexibility index (Phi) is 3.68. The molecule has 98 valence electrons. The van der Waals surface area contributed by atoms with Crippen molar-refractivity contribution >= 4 is 5.91 Å². The van der Waals surface area contributed by atoms with Crippen molar-refractivity contribution in [3.63, 3.8) is 0 Å². The van der Waals surface area contributed by atoms with Crippen LogP contribution in [0.2, 0.25) is 0 Å². The number of amides is 1. The van der Waals surface area contributed by atoms with E-state index >= 15 is 0 Å². The van der Waals surface area contributed by atoms with Crippen LogP contribution in [0, 0.1) is 0 Å². The molecule has 1 atom stereocenters. The van der Waals surface area contributed by atoms with E-state index in [9.17, 15) is 4.79 Å². The van der Waals surface area contributed by atoms with Crippen LogP contribution in [0.25, 0.3) is 0 Å². The van der Waals surface area contributed by atoms with Crippen LogP contribution in [-0.4, -0.2) is 29.9 Å². The average Bonchev–Trinajstić information content (AvgIpc) is 2.78. The summed E-state index contributed by atoms with van der Waals surface area (Å²) in [5.41, 5.74) is 7.60. The van der Waals surface area contributed by atoms with Gasteiger partial charge in [-0.2, -0.15) is 0 Å². The minimum Gasteiger partial charge on any atom is -0.368 e. The Bertz CT molecular complexity index is 421. The van der Waals surface area contributed by atoms with Gasteiger partial charge in [0.2, 0.25) is 5.91 Å². The lowest BCUT2D eigenvalue weighted by Crippen LogP contribution is -2.52. The van der Waals surface area contributed by atoms with Crippen molar-refractivity contribution < 1.29 is 4.79 Å². The van der Waals surface area contributed by atoms with Gasteiger partial charge in [-0.3, -0.25) is 9.69 Å². The first kappa shape index (κ1) is 13.1. The molecule has 1 heterocycles. The van der Waals surface area contributed by atoms with Gasteiger partial charge in [0.05, 0.1) is 5.54 Å². The average molecular weight is 247 g/mol. The van der Waals surface area contributed by atoms with Gasteiger partial charge < -0.3 is 11.1 Å². The maximum Gasteiger partial charge on any atom is 0.237 e. The molecule has 0 saturated carbocycles. The topological polar surface area (TPSA) is 58.4 Å². The van der Waals surface area contributed by atoms with Crippen molar-refractivity contribution in [1.82, 2.24) is 10.2 Å². The Morgan fingerprint density at radius 3 is 2.39 bits per heavy atom. The summed E-state index contributed by atoms with van der Waals surface area (Å²) in [6.07, 6.45) is 0.729. The highest BCUT2D eigenvalue weighted by atomic mass is 16.1. The third-order valence-electron chi connectivity index (χ3n) is 3.93. The molecule has 4 nitrogen and oxygen atoms in total. The van der Waals surface area contributed by atoms with Crippen LogP contribution >= 0.6 is 0 Å². The van der Waals surface area contributed by atoms with Crippen LogP contribution in [0.1, 0.15) is 24.5 Å². The normalized spacial score (nSPS) is 18.3. The second-order valence-corrected chi connectivity index (χ2v) is 5.18. The Morgan fingerprint density at radius 2 is 1.94 bits per heavy atom. The van der Waals surface area contributed by atoms with Gasteiger partial charge in [-0.25, -0.2) is 0 Å². The number of carbonyl (C=O) groups excluding carboxylic acids is 1. The van der Waals surface area contributed by atoms with E-state index in [1.165, 1.54) is 11.1 Å². The maximum atomic E-state index is 11.4. The van der Waals surface area contributed by atoms with Gasteiger partial charge in [-0.15, -0.1) is 0 Å². The van der Waals surface area contributed by atoms with Crippen molar-refractivity contribution in [1.29, 1.82) is 0 Å². The zero-order valence-corrected chi connectivity index (χ0v) is 11.1. The fourth-order valence-corrected chi connectivity index (χ4v) is 2.31. The van der Waals surface area contributed by atoms with Crippen LogP contribution < -0.4 is 11.1 Å². The lowest BCUT2D eigenvalue weighted by Gasteiger charge is -2.27. The summed E-state index contributed by atoms with van der Waals surface area (Å²) in [6, 6.07) is 8.48. The molecule has 0 radical (unpaired) electrons. The molecule has 0 aromatic heterocycles. The molecule has 2 rings (SSSR count). The maximum absolute atomic E-state index is 11.4. The first-order valence-corrected chi connectivity index (χ1v) is 6.33. The summed E-state index contributed by atoms with van der Waals surface area (Å²) < 4.78 is 0. The molecule has 0 bridgehead atoms. The molecule has 0 fully saturated rings. The summed E-state index contributed by atoms with van der Waals surface area (Å²) >= 11 is 0. The summed E-state index contributed by atoms with van der Waals surface area (Å²) in [5, 5.41) is 3.02. The number of rotatable bonds is 5. The van der Waals surface area contributed by atoms with Gasteiger partial charge in [-0.05, 0) is 31.5 Å². The van der Waals surface area contributed by atoms with Gasteiger partial charge in [0.1, 0.15) is 0 Å². The predicted octanol–water partition coefficient (Wildman–Crippen LogP) is 0.856. The molecule has 1 aromatic carbocycles. The number of hydrogen-bond acceptors (Lipinski definition) is 3. The predicted molar refractivity (Wildman–Crippen MR) is 71.8 cm³/mol. The molecule has 0 aliphatic carbocycles. The second-order valence-electron chi connectivity index (χ2n) is 5.18. The van der Waals surface area contributed by atoms with Gasteiger partial charge in [0.25, 0.3) is 0 Å². The Balaban J connectivity index is 1.92. The minimum atomic E-state index is -0.616. The van der Waals surface area contributed by atoms with E-state index in [2.05, 4.69) is 34.5 Å². The van der Waals surface area contributed by atoms with Crippen LogP contribution in [0.15, 0.2) is 24.3 Å². The zero-order chi connectivity index (χ0) is 13.2. The lowest BCUT2D eigenvalue weighted by molar-refractivity contribution is -0.124. The number of nitrogens with zero attached hydrogens (tertiary/aromatic N) is 1. The molecule has 4 heteroatoms. The number of nitrogens with one attached hydrogen (secondary N) is 1. The highest BCUT2D eigenvalue weighted by Gasteiger charge is 2.30. The molecule has 1 aliphatic heterocycles. The van der Waals surface area contributed by atoms with Crippen molar-refractivity contribution in [2.75, 3.05) is 13.6 Å². The summed E-state index contributed by atoms with van der Waals surface area (Å²) in [6.45, 7) is 4.66. The number of carbonyl (C=O) groups is 1. The van der Waals surface area contributed by atoms with Gasteiger partial charge >= 0.3 is 0 Å². The molecule has 0 saturated heterocycles. The van der Waals surface area contributed by atoms with E-state index < -0.39 is 5.54 Å². The van der Waals surface area contributed by atoms with Crippen LogP contribution in [0.4, 0.5) is 0 Å². The molecular weight excluding hydrogens is 226 g/mol. The van der Waals surface area contributed by atoms with Gasteiger partial charge in [-0.1, -0.05) is 24.3 Å². The monoisotopic (exact) mass is 247 g/mol. The number of primary amides is 1. The highest BCUT2D eigenvalue weighted by molar-refractivity contribution is 5.84. The van der Waals surface area contributed by atoms with Gasteiger partial charge in [0, 0.05) is 19.6 Å². The lowest BCUT2D eigenvalue weighted by atomic mass is 9.97. The molecule has 1 unspecified atom stereocenters. The molecular formula is C14H21N3O. The molecule has 1 amide bonds. The highest BCUT2D eigenvalue weighted by Crippen LogP contribution is 2.23. The van der Waals surface area contributed by atoms with E-state index in [0.29, 0.717) is 0 Å². The van der Waals surface area contributed by atoms with E-state index in [-0.39, 0.29) is 5.91 Å². The SMILES string of the molecule is CNC(C)(CCN1Cc2ccccc2C1)C(N)=O. The largest absolute Gasteiger partial charge is 0.368 e. The van der Waals surface area contributed by atoms with Crippen molar-refractivity contribution in [2.45, 2.75) is 32.0 Å². The number of likely N-dealkylation sites (N-methyl/N-ethyl adjacent to an activating group) is 1. The number of hydrogen-bond donors (Lipinski definition) is 2. The summed E-state index contributed by atoms with van der Waals surface area (Å²) in [4.78, 5) is 13.8. The Labute approximate surface area is 108 Å². The third kappa shape index (κ3) is 2.54. The number of fused-ring (bicyclic) bond motifs is 1. The molecule has 1 aliphatic rings. The smallest absolute Gasteiger partial charge is 0.237 e. The third-order valence-corrected chi connectivity index (χ3v) is 3.93. The number of benzene rings is 1. The Hall–Kier alpha value is -1.39. The van der Waals surface area contributed by atoms with E-state index in [1.54, 1.807) is 7.05 Å². The first-order valence-electron chi connectivity index (χ1n) is 6.33. The van der Waals surface area contributed by atoms with E-state index in [4.69, 9.17) is 5.73 Å². The van der Waals surface area contributed by atoms with Crippen molar-refractivity contribution in [3.8, 4) is 0 Å². The van der Waals surface area contributed by atoms with E-state index in [0.717, 1.165) is 26.1 Å². The summed E-state index contributed by atoms with van der Waals surface area (Å²) in [5.74, 6) is -0.290. The second kappa shape index (κ2) is 5.08. The summed E-state index contributed by atoms with van der Waals surface area (Å²) in [7, 11) is 1.78. The molecule has 3 N–H and O–H groups in total. The van der Waals surface area contributed by atoms with Crippen LogP contribution in [-0.2, 0) is 17.9 Å². The molecule has 18 heavy (non-hydrogen) atoms. The Morgan fingerprint density at radius 1 is 1.39 bits per heavy atom. The van der Waals surface area contributed by atoms with Crippen molar-refractivity contribution in [3.05, 3.63) is 35.4 Å². The van der Waals surface area contributed by atoms with E-state index in [1.807, 2.05) is 6.92 Å². The molecule has 1 aromatic rings. The number of nitrogens with two attached hydrogens (primary N) is 1. The fraction of sp³-hybridized carbons (Fsp3) is 0.500. The zero-order valence-electron chi connectivity index (χ0n) is 11.1. The standard InChI is InChI=1S/C14H21N3O/c1-14(16-2,13(15)18)7-8-17-9-11-5-3-4-6-12(11)10-17/h3-6,16H,7-10H2,1-2H3,(H2,15,18). The van der Waals surface area contributed by atoms with Crippen LogP contribution in [0.3, 0.4) is 0 Å². The van der Waals surface area contributed by atoms with Crippen LogP contribution in [0.5, 0.6) is 0 Å². The first-order chi connectivity index (χ1) is 8.55.